The zero-order chi connectivity index (χ0) is 13.4. The van der Waals surface area contributed by atoms with Gasteiger partial charge in [-0.2, -0.15) is 0 Å². The first kappa shape index (κ1) is 12.8. The van der Waals surface area contributed by atoms with E-state index in [1.54, 1.807) is 0 Å². The van der Waals surface area contributed by atoms with Crippen LogP contribution in [0.5, 0.6) is 0 Å². The van der Waals surface area contributed by atoms with E-state index in [9.17, 15) is 0 Å². The molecule has 0 amide bonds. The number of fused-ring (bicyclic) bond motifs is 2. The molecule has 3 nitrogen and oxygen atoms in total. The van der Waals surface area contributed by atoms with Gasteiger partial charge in [-0.3, -0.25) is 4.90 Å². The standard InChI is InChI=1S/C17H23NO2/c1-2-4-16-14(3-1)5-12-20-17(16)7-9-18(10-8-17)15-6-11-19-13-15/h1-4,15H,5-13H2. The van der Waals surface area contributed by atoms with E-state index in [2.05, 4.69) is 29.2 Å². The first-order chi connectivity index (χ1) is 9.87. The molecule has 0 aromatic heterocycles. The fourth-order valence-corrected chi connectivity index (χ4v) is 4.09. The van der Waals surface area contributed by atoms with Crippen LogP contribution in [0, 0.1) is 0 Å². The van der Waals surface area contributed by atoms with Crippen molar-refractivity contribution in [3.05, 3.63) is 35.4 Å². The van der Waals surface area contributed by atoms with E-state index >= 15 is 0 Å². The maximum Gasteiger partial charge on any atom is 0.0958 e. The van der Waals surface area contributed by atoms with Gasteiger partial charge in [-0.15, -0.1) is 0 Å². The molecule has 3 heterocycles. The first-order valence-corrected chi connectivity index (χ1v) is 7.92. The summed E-state index contributed by atoms with van der Waals surface area (Å²) >= 11 is 0. The maximum absolute atomic E-state index is 6.29. The second-order valence-electron chi connectivity index (χ2n) is 6.30. The van der Waals surface area contributed by atoms with Crippen molar-refractivity contribution in [2.75, 3.05) is 32.9 Å². The van der Waals surface area contributed by atoms with E-state index in [0.29, 0.717) is 6.04 Å². The lowest BCUT2D eigenvalue weighted by Crippen LogP contribution is -2.49. The average molecular weight is 273 g/mol. The van der Waals surface area contributed by atoms with E-state index < -0.39 is 0 Å². The maximum atomic E-state index is 6.29. The number of rotatable bonds is 1. The van der Waals surface area contributed by atoms with Gasteiger partial charge in [0.25, 0.3) is 0 Å². The Balaban J connectivity index is 1.53. The molecule has 1 unspecified atom stereocenters. The molecule has 0 bridgehead atoms. The molecule has 0 N–H and O–H groups in total. The highest BCUT2D eigenvalue weighted by Crippen LogP contribution is 2.41. The van der Waals surface area contributed by atoms with Gasteiger partial charge in [-0.05, 0) is 36.8 Å². The van der Waals surface area contributed by atoms with Crippen molar-refractivity contribution in [2.24, 2.45) is 0 Å². The predicted molar refractivity (Wildman–Crippen MR) is 77.8 cm³/mol. The third kappa shape index (κ3) is 2.09. The number of benzene rings is 1. The molecule has 3 heteroatoms. The summed E-state index contributed by atoms with van der Waals surface area (Å²) in [6.07, 6.45) is 4.52. The largest absolute Gasteiger partial charge is 0.380 e. The lowest BCUT2D eigenvalue weighted by molar-refractivity contribution is -0.103. The summed E-state index contributed by atoms with van der Waals surface area (Å²) in [5, 5.41) is 0. The summed E-state index contributed by atoms with van der Waals surface area (Å²) in [5.74, 6) is 0. The lowest BCUT2D eigenvalue weighted by Gasteiger charge is -2.46. The monoisotopic (exact) mass is 273 g/mol. The Labute approximate surface area is 120 Å². The molecule has 20 heavy (non-hydrogen) atoms. The van der Waals surface area contributed by atoms with Crippen molar-refractivity contribution >= 4 is 0 Å². The minimum Gasteiger partial charge on any atom is -0.380 e. The summed E-state index contributed by atoms with van der Waals surface area (Å²) in [7, 11) is 0. The summed E-state index contributed by atoms with van der Waals surface area (Å²) in [5.41, 5.74) is 2.94. The minimum absolute atomic E-state index is 0.00912. The zero-order valence-corrected chi connectivity index (χ0v) is 12.0. The minimum atomic E-state index is -0.00912. The van der Waals surface area contributed by atoms with Gasteiger partial charge >= 0.3 is 0 Å². The van der Waals surface area contributed by atoms with Crippen LogP contribution in [0.25, 0.3) is 0 Å². The van der Waals surface area contributed by atoms with Crippen LogP contribution in [0.3, 0.4) is 0 Å². The highest BCUT2D eigenvalue weighted by molar-refractivity contribution is 5.35. The van der Waals surface area contributed by atoms with Gasteiger partial charge in [-0.25, -0.2) is 0 Å². The molecule has 1 spiro atoms. The van der Waals surface area contributed by atoms with Crippen LogP contribution in [0.4, 0.5) is 0 Å². The normalized spacial score (nSPS) is 29.5. The number of hydrogen-bond acceptors (Lipinski definition) is 3. The average Bonchev–Trinajstić information content (AvgIpc) is 3.03. The van der Waals surface area contributed by atoms with Gasteiger partial charge in [0.05, 0.1) is 18.8 Å². The van der Waals surface area contributed by atoms with Crippen LogP contribution in [0.15, 0.2) is 24.3 Å². The van der Waals surface area contributed by atoms with Crippen molar-refractivity contribution in [2.45, 2.75) is 37.3 Å². The van der Waals surface area contributed by atoms with Crippen molar-refractivity contribution in [1.29, 1.82) is 0 Å². The molecule has 3 aliphatic heterocycles. The molecule has 2 saturated heterocycles. The van der Waals surface area contributed by atoms with Crippen LogP contribution < -0.4 is 0 Å². The fraction of sp³-hybridized carbons (Fsp3) is 0.647. The van der Waals surface area contributed by atoms with Gasteiger partial charge in [0.15, 0.2) is 0 Å². The first-order valence-electron chi connectivity index (χ1n) is 7.92. The van der Waals surface area contributed by atoms with Crippen molar-refractivity contribution in [1.82, 2.24) is 4.90 Å². The highest BCUT2D eigenvalue weighted by Gasteiger charge is 2.42. The summed E-state index contributed by atoms with van der Waals surface area (Å²) in [6, 6.07) is 9.51. The molecule has 3 aliphatic rings. The van der Waals surface area contributed by atoms with Gasteiger partial charge < -0.3 is 9.47 Å². The van der Waals surface area contributed by atoms with E-state index in [1.165, 1.54) is 17.5 Å². The molecule has 108 valence electrons. The quantitative estimate of drug-likeness (QED) is 0.784. The fourth-order valence-electron chi connectivity index (χ4n) is 4.09. The third-order valence-electron chi connectivity index (χ3n) is 5.29. The van der Waals surface area contributed by atoms with Crippen LogP contribution in [-0.4, -0.2) is 43.9 Å². The smallest absolute Gasteiger partial charge is 0.0958 e. The van der Waals surface area contributed by atoms with Crippen LogP contribution >= 0.6 is 0 Å². The van der Waals surface area contributed by atoms with Crippen LogP contribution in [0.1, 0.15) is 30.4 Å². The molecular formula is C17H23NO2. The van der Waals surface area contributed by atoms with E-state index in [1.807, 2.05) is 0 Å². The molecule has 1 aromatic carbocycles. The number of hydrogen-bond donors (Lipinski definition) is 0. The van der Waals surface area contributed by atoms with Crippen molar-refractivity contribution in [3.63, 3.8) is 0 Å². The van der Waals surface area contributed by atoms with Gasteiger partial charge in [-0.1, -0.05) is 24.3 Å². The Hall–Kier alpha value is -0.900. The van der Waals surface area contributed by atoms with Gasteiger partial charge in [0, 0.05) is 25.7 Å². The SMILES string of the molecule is c1ccc2c(c1)CCOC21CCN(C2CCOC2)CC1. The van der Waals surface area contributed by atoms with Crippen molar-refractivity contribution in [3.8, 4) is 0 Å². The number of likely N-dealkylation sites (tertiary alicyclic amines) is 1. The Morgan fingerprint density at radius 2 is 1.95 bits per heavy atom. The third-order valence-corrected chi connectivity index (χ3v) is 5.29. The Bertz CT molecular complexity index is 474. The summed E-state index contributed by atoms with van der Waals surface area (Å²) in [4.78, 5) is 2.61. The number of piperidine rings is 1. The molecule has 0 aliphatic carbocycles. The van der Waals surface area contributed by atoms with Gasteiger partial charge in [0.2, 0.25) is 0 Å². The Morgan fingerprint density at radius 3 is 2.75 bits per heavy atom. The molecule has 0 saturated carbocycles. The Morgan fingerprint density at radius 1 is 1.10 bits per heavy atom. The summed E-state index contributed by atoms with van der Waals surface area (Å²) < 4.78 is 11.8. The Kier molecular flexibility index (Phi) is 3.29. The van der Waals surface area contributed by atoms with Crippen LogP contribution in [-0.2, 0) is 21.5 Å². The second-order valence-corrected chi connectivity index (χ2v) is 6.30. The lowest BCUT2D eigenvalue weighted by atomic mass is 9.79. The van der Waals surface area contributed by atoms with Crippen LogP contribution in [0.2, 0.25) is 0 Å². The van der Waals surface area contributed by atoms with E-state index in [4.69, 9.17) is 9.47 Å². The van der Waals surface area contributed by atoms with E-state index in [0.717, 1.165) is 52.2 Å². The highest BCUT2D eigenvalue weighted by atomic mass is 16.5. The molecule has 1 aromatic rings. The van der Waals surface area contributed by atoms with Crippen molar-refractivity contribution < 1.29 is 9.47 Å². The van der Waals surface area contributed by atoms with Gasteiger partial charge in [0.1, 0.15) is 0 Å². The topological polar surface area (TPSA) is 21.7 Å². The molecule has 0 radical (unpaired) electrons. The predicted octanol–water partition coefficient (Wildman–Crippen LogP) is 2.34. The second kappa shape index (κ2) is 5.14. The number of ether oxygens (including phenoxy) is 2. The molecular weight excluding hydrogens is 250 g/mol. The zero-order valence-electron chi connectivity index (χ0n) is 12.0. The van der Waals surface area contributed by atoms with E-state index in [-0.39, 0.29) is 5.60 Å². The number of nitrogens with zero attached hydrogens (tertiary/aromatic N) is 1. The molecule has 4 rings (SSSR count). The molecule has 1 atom stereocenters. The molecule has 2 fully saturated rings. The summed E-state index contributed by atoms with van der Waals surface area (Å²) in [6.45, 7) is 5.02.